The fourth-order valence-electron chi connectivity index (χ4n) is 1.94. The molecule has 6 heteroatoms. The van der Waals surface area contributed by atoms with E-state index in [1.807, 2.05) is 0 Å². The van der Waals surface area contributed by atoms with E-state index in [-0.39, 0.29) is 11.7 Å². The molecule has 1 N–H and O–H groups in total. The second-order valence-corrected chi connectivity index (χ2v) is 6.13. The van der Waals surface area contributed by atoms with Crippen LogP contribution in [0.3, 0.4) is 0 Å². The third-order valence-electron chi connectivity index (χ3n) is 3.16. The van der Waals surface area contributed by atoms with Gasteiger partial charge in [0, 0.05) is 16.6 Å². The fraction of sp³-hybridized carbons (Fsp3) is 0.235. The van der Waals surface area contributed by atoms with E-state index in [1.54, 1.807) is 50.4 Å². The van der Waals surface area contributed by atoms with Crippen LogP contribution in [0.25, 0.3) is 0 Å². The minimum atomic E-state index is -0.444. The van der Waals surface area contributed by atoms with Crippen molar-refractivity contribution in [2.75, 3.05) is 19.5 Å². The van der Waals surface area contributed by atoms with Crippen LogP contribution in [0.4, 0.5) is 10.1 Å². The van der Waals surface area contributed by atoms with Crippen molar-refractivity contribution in [3.63, 3.8) is 0 Å². The monoisotopic (exact) mass is 335 g/mol. The number of thioether (sulfide) groups is 1. The van der Waals surface area contributed by atoms with Gasteiger partial charge in [-0.25, -0.2) is 4.39 Å². The Morgan fingerprint density at radius 1 is 1.13 bits per heavy atom. The first kappa shape index (κ1) is 17.1. The lowest BCUT2D eigenvalue weighted by atomic mass is 10.2. The molecule has 0 saturated carbocycles. The van der Waals surface area contributed by atoms with Gasteiger partial charge in [0.25, 0.3) is 0 Å². The molecular weight excluding hydrogens is 317 g/mol. The van der Waals surface area contributed by atoms with Crippen LogP contribution in [0, 0.1) is 5.82 Å². The summed E-state index contributed by atoms with van der Waals surface area (Å²) in [6.45, 7) is 1.73. The van der Waals surface area contributed by atoms with Gasteiger partial charge in [-0.3, -0.25) is 4.79 Å². The highest BCUT2D eigenvalue weighted by Gasteiger charge is 2.17. The van der Waals surface area contributed by atoms with Crippen molar-refractivity contribution in [2.24, 2.45) is 0 Å². The van der Waals surface area contributed by atoms with Gasteiger partial charge in [-0.05, 0) is 31.2 Å². The zero-order valence-electron chi connectivity index (χ0n) is 13.1. The van der Waals surface area contributed by atoms with Gasteiger partial charge in [0.05, 0.1) is 19.5 Å². The first-order chi connectivity index (χ1) is 11.0. The Morgan fingerprint density at radius 3 is 2.48 bits per heavy atom. The van der Waals surface area contributed by atoms with E-state index in [0.29, 0.717) is 22.1 Å². The zero-order chi connectivity index (χ0) is 16.8. The molecule has 1 atom stereocenters. The number of halogens is 1. The smallest absolute Gasteiger partial charge is 0.237 e. The van der Waals surface area contributed by atoms with Gasteiger partial charge in [0.2, 0.25) is 5.91 Å². The topological polar surface area (TPSA) is 47.6 Å². The number of methoxy groups -OCH3 is 2. The van der Waals surface area contributed by atoms with Gasteiger partial charge in [0.15, 0.2) is 11.5 Å². The summed E-state index contributed by atoms with van der Waals surface area (Å²) in [6, 6.07) is 11.5. The molecule has 0 bridgehead atoms. The van der Waals surface area contributed by atoms with Crippen LogP contribution in [0.15, 0.2) is 47.4 Å². The van der Waals surface area contributed by atoms with Gasteiger partial charge in [-0.2, -0.15) is 0 Å². The lowest BCUT2D eigenvalue weighted by molar-refractivity contribution is -0.115. The maximum Gasteiger partial charge on any atom is 0.237 e. The van der Waals surface area contributed by atoms with Gasteiger partial charge < -0.3 is 14.8 Å². The number of hydrogen-bond donors (Lipinski definition) is 1. The number of nitrogens with one attached hydrogen (secondary N) is 1. The summed E-state index contributed by atoms with van der Waals surface area (Å²) in [5.74, 6) is 0.563. The maximum atomic E-state index is 13.6. The predicted octanol–water partition coefficient (Wildman–Crippen LogP) is 3.96. The molecule has 2 aromatic carbocycles. The second kappa shape index (κ2) is 7.87. The summed E-state index contributed by atoms with van der Waals surface area (Å²) >= 11 is 1.17. The molecule has 0 heterocycles. The van der Waals surface area contributed by atoms with Crippen molar-refractivity contribution in [1.82, 2.24) is 0 Å². The van der Waals surface area contributed by atoms with Crippen LogP contribution in [-0.4, -0.2) is 25.4 Å². The van der Waals surface area contributed by atoms with E-state index in [0.717, 1.165) is 0 Å². The Bertz CT molecular complexity index is 693. The number of benzene rings is 2. The molecular formula is C17H18FNO3S. The SMILES string of the molecule is COc1ccc(NC(=O)C(C)Sc2ccccc2F)cc1OC. The molecule has 1 amide bonds. The van der Waals surface area contributed by atoms with Crippen LogP contribution in [0.2, 0.25) is 0 Å². The van der Waals surface area contributed by atoms with Crippen molar-refractivity contribution in [2.45, 2.75) is 17.1 Å². The van der Waals surface area contributed by atoms with Crippen LogP contribution < -0.4 is 14.8 Å². The van der Waals surface area contributed by atoms with Gasteiger partial charge in [-0.1, -0.05) is 12.1 Å². The molecule has 122 valence electrons. The molecule has 1 unspecified atom stereocenters. The van der Waals surface area contributed by atoms with E-state index in [2.05, 4.69) is 5.32 Å². The van der Waals surface area contributed by atoms with Crippen molar-refractivity contribution in [1.29, 1.82) is 0 Å². The fourth-order valence-corrected chi connectivity index (χ4v) is 2.83. The lowest BCUT2D eigenvalue weighted by Crippen LogP contribution is -2.22. The molecule has 0 aliphatic carbocycles. The van der Waals surface area contributed by atoms with E-state index < -0.39 is 5.25 Å². The number of amides is 1. The normalized spacial score (nSPS) is 11.7. The highest BCUT2D eigenvalue weighted by molar-refractivity contribution is 8.00. The molecule has 0 saturated heterocycles. The van der Waals surface area contributed by atoms with Crippen LogP contribution >= 0.6 is 11.8 Å². The molecule has 0 fully saturated rings. The number of hydrogen-bond acceptors (Lipinski definition) is 4. The van der Waals surface area contributed by atoms with E-state index in [9.17, 15) is 9.18 Å². The quantitative estimate of drug-likeness (QED) is 0.812. The summed E-state index contributed by atoms with van der Waals surface area (Å²) in [4.78, 5) is 12.7. The average Bonchev–Trinajstić information content (AvgIpc) is 2.56. The summed E-state index contributed by atoms with van der Waals surface area (Å²) in [5.41, 5.74) is 0.591. The van der Waals surface area contributed by atoms with Crippen molar-refractivity contribution in [3.05, 3.63) is 48.3 Å². The zero-order valence-corrected chi connectivity index (χ0v) is 13.9. The number of carbonyl (C=O) groups excluding carboxylic acids is 1. The average molecular weight is 335 g/mol. The lowest BCUT2D eigenvalue weighted by Gasteiger charge is -2.14. The van der Waals surface area contributed by atoms with Crippen molar-refractivity contribution < 1.29 is 18.7 Å². The second-order valence-electron chi connectivity index (χ2n) is 4.75. The van der Waals surface area contributed by atoms with Crippen LogP contribution in [0.1, 0.15) is 6.92 Å². The first-order valence-corrected chi connectivity index (χ1v) is 7.87. The molecule has 0 aliphatic rings. The van der Waals surface area contributed by atoms with E-state index in [4.69, 9.17) is 9.47 Å². The third-order valence-corrected chi connectivity index (χ3v) is 4.31. The van der Waals surface area contributed by atoms with Crippen molar-refractivity contribution >= 4 is 23.4 Å². The van der Waals surface area contributed by atoms with Gasteiger partial charge in [-0.15, -0.1) is 11.8 Å². The standard InChI is InChI=1S/C17H18FNO3S/c1-11(23-16-7-5-4-6-13(16)18)17(20)19-12-8-9-14(21-2)15(10-12)22-3/h4-11H,1-3H3,(H,19,20). The van der Waals surface area contributed by atoms with Crippen molar-refractivity contribution in [3.8, 4) is 11.5 Å². The van der Waals surface area contributed by atoms with Gasteiger partial charge in [0.1, 0.15) is 5.82 Å². The summed E-state index contributed by atoms with van der Waals surface area (Å²) in [6.07, 6.45) is 0. The van der Waals surface area contributed by atoms with E-state index in [1.165, 1.54) is 24.9 Å². The Morgan fingerprint density at radius 2 is 1.83 bits per heavy atom. The third kappa shape index (κ3) is 4.39. The Kier molecular flexibility index (Phi) is 5.87. The molecule has 2 rings (SSSR count). The summed E-state index contributed by atoms with van der Waals surface area (Å²) < 4.78 is 24.0. The molecule has 0 aliphatic heterocycles. The van der Waals surface area contributed by atoms with Crippen LogP contribution in [-0.2, 0) is 4.79 Å². The maximum absolute atomic E-state index is 13.6. The molecule has 0 radical (unpaired) electrons. The first-order valence-electron chi connectivity index (χ1n) is 6.99. The largest absolute Gasteiger partial charge is 0.493 e. The highest BCUT2D eigenvalue weighted by atomic mass is 32.2. The minimum Gasteiger partial charge on any atom is -0.493 e. The molecule has 2 aromatic rings. The molecule has 4 nitrogen and oxygen atoms in total. The van der Waals surface area contributed by atoms with Gasteiger partial charge >= 0.3 is 0 Å². The Labute approximate surface area is 139 Å². The van der Waals surface area contributed by atoms with Crippen LogP contribution in [0.5, 0.6) is 11.5 Å². The minimum absolute atomic E-state index is 0.217. The summed E-state index contributed by atoms with van der Waals surface area (Å²) in [5, 5.41) is 2.35. The number of carbonyl (C=O) groups is 1. The Balaban J connectivity index is 2.05. The predicted molar refractivity (Wildman–Crippen MR) is 89.9 cm³/mol. The Hall–Kier alpha value is -2.21. The molecule has 0 aromatic heterocycles. The summed E-state index contributed by atoms with van der Waals surface area (Å²) in [7, 11) is 3.07. The number of ether oxygens (including phenoxy) is 2. The number of anilines is 1. The van der Waals surface area contributed by atoms with E-state index >= 15 is 0 Å². The highest BCUT2D eigenvalue weighted by Crippen LogP contribution is 2.31. The number of rotatable bonds is 6. The molecule has 0 spiro atoms. The molecule has 23 heavy (non-hydrogen) atoms.